The number of H-pyrrole nitrogens is 1. The molecule has 0 amide bonds. The average Bonchev–Trinajstić information content (AvgIpc) is 2.86. The second-order valence-corrected chi connectivity index (χ2v) is 7.41. The molecule has 0 aliphatic heterocycles. The lowest BCUT2D eigenvalue weighted by atomic mass is 10.4. The highest BCUT2D eigenvalue weighted by molar-refractivity contribution is 7.99. The van der Waals surface area contributed by atoms with Gasteiger partial charge in [0.1, 0.15) is 10.9 Å². The van der Waals surface area contributed by atoms with Crippen LogP contribution in [0.5, 0.6) is 0 Å². The third-order valence-electron chi connectivity index (χ3n) is 3.04. The van der Waals surface area contributed by atoms with E-state index in [1.54, 1.807) is 23.5 Å². The van der Waals surface area contributed by atoms with Gasteiger partial charge in [-0.15, -0.1) is 6.58 Å². The molecule has 124 valence electrons. The van der Waals surface area contributed by atoms with Gasteiger partial charge in [-0.3, -0.25) is 9.67 Å². The van der Waals surface area contributed by atoms with Gasteiger partial charge in [-0.25, -0.2) is 9.97 Å². The van der Waals surface area contributed by atoms with Crippen LogP contribution >= 0.6 is 35.7 Å². The Morgan fingerprint density at radius 3 is 2.96 bits per heavy atom. The van der Waals surface area contributed by atoms with Crippen LogP contribution in [0.25, 0.3) is 0 Å². The molecule has 2 aromatic heterocycles. The summed E-state index contributed by atoms with van der Waals surface area (Å²) in [6, 6.07) is 2.01. The second kappa shape index (κ2) is 9.24. The van der Waals surface area contributed by atoms with Gasteiger partial charge in [0.05, 0.1) is 5.75 Å². The fraction of sp³-hybridized carbons (Fsp3) is 0.467. The van der Waals surface area contributed by atoms with E-state index in [1.165, 1.54) is 12.8 Å². The molecule has 8 heteroatoms. The van der Waals surface area contributed by atoms with Gasteiger partial charge in [0.2, 0.25) is 0 Å². The van der Waals surface area contributed by atoms with Crippen LogP contribution in [0, 0.1) is 11.7 Å². The lowest BCUT2D eigenvalue weighted by molar-refractivity contribution is 0.765. The van der Waals surface area contributed by atoms with E-state index in [-0.39, 0.29) is 0 Å². The minimum absolute atomic E-state index is 0.621. The number of allylic oxidation sites excluding steroid dienone is 1. The summed E-state index contributed by atoms with van der Waals surface area (Å²) in [5.41, 5.74) is 0.992. The standard InChI is InChI=1S/C15H21N5S3/c1-4-6-8-22-14-16-11(3)9-13(17-14)23-10-12-18-19-15(21)20(12)7-5-2/h5,9H,2,4,6-8,10H2,1,3H3,(H,19,21). The summed E-state index contributed by atoms with van der Waals surface area (Å²) in [5.74, 6) is 2.66. The van der Waals surface area contributed by atoms with Crippen LogP contribution in [0.4, 0.5) is 0 Å². The molecule has 2 rings (SSSR count). The summed E-state index contributed by atoms with van der Waals surface area (Å²) >= 11 is 8.59. The van der Waals surface area contributed by atoms with Crippen LogP contribution in [-0.2, 0) is 12.3 Å². The SMILES string of the molecule is C=CCn1c(CSc2cc(C)nc(SCCCC)n2)n[nH]c1=S. The molecule has 0 spiro atoms. The lowest BCUT2D eigenvalue weighted by Crippen LogP contribution is -2.01. The first kappa shape index (κ1) is 18.2. The number of aryl methyl sites for hydroxylation is 1. The maximum Gasteiger partial charge on any atom is 0.195 e. The van der Waals surface area contributed by atoms with Crippen molar-refractivity contribution < 1.29 is 0 Å². The number of hydrogen-bond donors (Lipinski definition) is 1. The first-order valence-corrected chi connectivity index (χ1v) is 9.88. The van der Waals surface area contributed by atoms with Gasteiger partial charge in [0, 0.05) is 18.0 Å². The van der Waals surface area contributed by atoms with Gasteiger partial charge in [0.15, 0.2) is 9.93 Å². The van der Waals surface area contributed by atoms with Gasteiger partial charge in [0.25, 0.3) is 0 Å². The number of unbranched alkanes of at least 4 members (excludes halogenated alkanes) is 1. The minimum atomic E-state index is 0.621. The van der Waals surface area contributed by atoms with Gasteiger partial charge in [-0.05, 0) is 31.6 Å². The second-order valence-electron chi connectivity index (χ2n) is 4.97. The Labute approximate surface area is 150 Å². The molecule has 0 atom stereocenters. The molecular formula is C15H21N5S3. The highest BCUT2D eigenvalue weighted by Gasteiger charge is 2.08. The molecule has 2 aromatic rings. The van der Waals surface area contributed by atoms with Crippen molar-refractivity contribution in [2.24, 2.45) is 0 Å². The van der Waals surface area contributed by atoms with E-state index in [0.717, 1.165) is 27.5 Å². The molecule has 0 aliphatic rings. The van der Waals surface area contributed by atoms with E-state index in [4.69, 9.17) is 12.2 Å². The quantitative estimate of drug-likeness (QED) is 0.177. The molecule has 0 aliphatic carbocycles. The summed E-state index contributed by atoms with van der Waals surface area (Å²) < 4.78 is 2.57. The van der Waals surface area contributed by atoms with Crippen LogP contribution < -0.4 is 0 Å². The summed E-state index contributed by atoms with van der Waals surface area (Å²) in [5, 5.41) is 8.94. The normalized spacial score (nSPS) is 10.9. The van der Waals surface area contributed by atoms with Gasteiger partial charge < -0.3 is 0 Å². The molecule has 0 fully saturated rings. The number of thioether (sulfide) groups is 2. The monoisotopic (exact) mass is 367 g/mol. The molecule has 0 saturated carbocycles. The molecule has 0 saturated heterocycles. The molecule has 2 heterocycles. The molecule has 1 N–H and O–H groups in total. The molecule has 0 unspecified atom stereocenters. The molecule has 0 aromatic carbocycles. The maximum absolute atomic E-state index is 5.23. The van der Waals surface area contributed by atoms with Crippen LogP contribution in [0.2, 0.25) is 0 Å². The van der Waals surface area contributed by atoms with Crippen LogP contribution in [0.1, 0.15) is 31.3 Å². The van der Waals surface area contributed by atoms with Crippen molar-refractivity contribution in [1.29, 1.82) is 0 Å². The molecule has 5 nitrogen and oxygen atoms in total. The number of rotatable bonds is 9. The number of aromatic amines is 1. The Morgan fingerprint density at radius 2 is 2.22 bits per heavy atom. The zero-order valence-corrected chi connectivity index (χ0v) is 15.9. The smallest absolute Gasteiger partial charge is 0.195 e. The summed E-state index contributed by atoms with van der Waals surface area (Å²) in [6.07, 6.45) is 4.18. The van der Waals surface area contributed by atoms with Crippen molar-refractivity contribution in [3.63, 3.8) is 0 Å². The highest BCUT2D eigenvalue weighted by atomic mass is 32.2. The fourth-order valence-corrected chi connectivity index (χ4v) is 4.05. The van der Waals surface area contributed by atoms with E-state index >= 15 is 0 Å². The lowest BCUT2D eigenvalue weighted by Gasteiger charge is -2.06. The van der Waals surface area contributed by atoms with Crippen molar-refractivity contribution in [3.05, 3.63) is 35.0 Å². The zero-order valence-electron chi connectivity index (χ0n) is 13.4. The highest BCUT2D eigenvalue weighted by Crippen LogP contribution is 2.24. The van der Waals surface area contributed by atoms with Crippen molar-refractivity contribution in [3.8, 4) is 0 Å². The summed E-state index contributed by atoms with van der Waals surface area (Å²) in [7, 11) is 0. The van der Waals surface area contributed by atoms with Crippen molar-refractivity contribution >= 4 is 35.7 Å². The maximum atomic E-state index is 5.23. The minimum Gasteiger partial charge on any atom is -0.300 e. The van der Waals surface area contributed by atoms with Crippen molar-refractivity contribution in [2.75, 3.05) is 5.75 Å². The number of hydrogen-bond acceptors (Lipinski definition) is 6. The first-order valence-electron chi connectivity index (χ1n) is 7.50. The topological polar surface area (TPSA) is 59.4 Å². The zero-order chi connectivity index (χ0) is 16.7. The third-order valence-corrected chi connectivity index (χ3v) is 5.19. The molecule has 23 heavy (non-hydrogen) atoms. The van der Waals surface area contributed by atoms with Crippen molar-refractivity contribution in [2.45, 2.75) is 49.2 Å². The van der Waals surface area contributed by atoms with Crippen LogP contribution in [0.3, 0.4) is 0 Å². The number of nitrogens with zero attached hydrogens (tertiary/aromatic N) is 4. The fourth-order valence-electron chi connectivity index (χ4n) is 1.88. The van der Waals surface area contributed by atoms with Crippen LogP contribution in [-0.4, -0.2) is 30.5 Å². The van der Waals surface area contributed by atoms with E-state index in [0.29, 0.717) is 17.1 Å². The average molecular weight is 368 g/mol. The predicted molar refractivity (Wildman–Crippen MR) is 99.6 cm³/mol. The summed E-state index contributed by atoms with van der Waals surface area (Å²) in [6.45, 7) is 8.61. The number of aromatic nitrogens is 5. The Morgan fingerprint density at radius 1 is 1.39 bits per heavy atom. The largest absolute Gasteiger partial charge is 0.300 e. The van der Waals surface area contributed by atoms with E-state index in [9.17, 15) is 0 Å². The van der Waals surface area contributed by atoms with Gasteiger partial charge in [-0.2, -0.15) is 5.10 Å². The van der Waals surface area contributed by atoms with E-state index < -0.39 is 0 Å². The van der Waals surface area contributed by atoms with Gasteiger partial charge in [-0.1, -0.05) is 42.9 Å². The third kappa shape index (κ3) is 5.47. The van der Waals surface area contributed by atoms with Crippen LogP contribution in [0.15, 0.2) is 28.9 Å². The predicted octanol–water partition coefficient (Wildman–Crippen LogP) is 4.41. The van der Waals surface area contributed by atoms with E-state index in [2.05, 4.69) is 33.7 Å². The Hall–Kier alpha value is -1.12. The Balaban J connectivity index is 2.05. The van der Waals surface area contributed by atoms with E-state index in [1.807, 2.05) is 23.6 Å². The summed E-state index contributed by atoms with van der Waals surface area (Å²) in [4.78, 5) is 9.12. The van der Waals surface area contributed by atoms with Crippen molar-refractivity contribution in [1.82, 2.24) is 24.7 Å². The number of nitrogens with one attached hydrogen (secondary N) is 1. The molecule has 0 radical (unpaired) electrons. The Kier molecular flexibility index (Phi) is 7.32. The van der Waals surface area contributed by atoms with Gasteiger partial charge >= 0.3 is 0 Å². The first-order chi connectivity index (χ1) is 11.1. The molecular weight excluding hydrogens is 346 g/mol. The molecule has 0 bridgehead atoms. The Bertz CT molecular complexity index is 707.